The lowest BCUT2D eigenvalue weighted by Gasteiger charge is -2.14. The summed E-state index contributed by atoms with van der Waals surface area (Å²) in [4.78, 5) is 8.20. The number of anilines is 1. The summed E-state index contributed by atoms with van der Waals surface area (Å²) in [6, 6.07) is 0. The molecule has 7 nitrogen and oxygen atoms in total. The minimum atomic E-state index is -0.677. The molecule has 0 amide bonds. The zero-order valence-corrected chi connectivity index (χ0v) is 12.1. The van der Waals surface area contributed by atoms with E-state index in [9.17, 15) is 5.11 Å². The highest BCUT2D eigenvalue weighted by Gasteiger charge is 2.35. The number of hydrogen-bond acceptors (Lipinski definition) is 6. The monoisotopic (exact) mass is 376 g/mol. The van der Waals surface area contributed by atoms with Gasteiger partial charge in [0.2, 0.25) is 0 Å². The molecule has 2 unspecified atom stereocenters. The summed E-state index contributed by atoms with van der Waals surface area (Å²) >= 11 is 2.16. The van der Waals surface area contributed by atoms with Gasteiger partial charge in [0.15, 0.2) is 0 Å². The number of aliphatic hydroxyl groups is 2. The van der Waals surface area contributed by atoms with Gasteiger partial charge in [-0.05, 0) is 22.6 Å². The van der Waals surface area contributed by atoms with E-state index in [-0.39, 0.29) is 12.8 Å². The van der Waals surface area contributed by atoms with Gasteiger partial charge in [0.25, 0.3) is 0 Å². The second-order valence-corrected chi connectivity index (χ2v) is 5.62. The maximum Gasteiger partial charge on any atom is 0.148 e. The largest absolute Gasteiger partial charge is 0.394 e. The van der Waals surface area contributed by atoms with Gasteiger partial charge in [0.1, 0.15) is 30.1 Å². The quantitative estimate of drug-likeness (QED) is 0.650. The Bertz CT molecular complexity index is 617. The molecule has 3 atom stereocenters. The van der Waals surface area contributed by atoms with E-state index in [0.717, 1.165) is 8.96 Å². The van der Waals surface area contributed by atoms with Gasteiger partial charge in [0, 0.05) is 16.2 Å². The van der Waals surface area contributed by atoms with Crippen LogP contribution in [-0.4, -0.2) is 43.6 Å². The molecular weight excluding hydrogens is 363 g/mol. The van der Waals surface area contributed by atoms with Crippen molar-refractivity contribution >= 4 is 39.4 Å². The Morgan fingerprint density at radius 3 is 3.00 bits per heavy atom. The lowest BCUT2D eigenvalue weighted by Crippen LogP contribution is -2.24. The number of nitrogen functional groups attached to an aromatic ring is 1. The van der Waals surface area contributed by atoms with Gasteiger partial charge in [0.05, 0.1) is 18.1 Å². The molecule has 0 aliphatic carbocycles. The van der Waals surface area contributed by atoms with E-state index in [1.54, 1.807) is 0 Å². The van der Waals surface area contributed by atoms with E-state index in [1.165, 1.54) is 6.33 Å². The lowest BCUT2D eigenvalue weighted by atomic mass is 10.2. The number of halogens is 1. The van der Waals surface area contributed by atoms with Crippen molar-refractivity contribution in [2.45, 2.75) is 24.9 Å². The van der Waals surface area contributed by atoms with Crippen molar-refractivity contribution < 1.29 is 14.9 Å². The molecule has 1 saturated heterocycles. The first-order valence-electron chi connectivity index (χ1n) is 5.82. The summed E-state index contributed by atoms with van der Waals surface area (Å²) < 4.78 is 8.38. The molecule has 19 heavy (non-hydrogen) atoms. The minimum absolute atomic E-state index is 0.203. The smallest absolute Gasteiger partial charge is 0.148 e. The third kappa shape index (κ3) is 2.08. The molecule has 0 bridgehead atoms. The first kappa shape index (κ1) is 13.0. The first-order valence-corrected chi connectivity index (χ1v) is 6.90. The van der Waals surface area contributed by atoms with Gasteiger partial charge < -0.3 is 25.3 Å². The summed E-state index contributed by atoms with van der Waals surface area (Å²) in [5, 5.41) is 19.7. The van der Waals surface area contributed by atoms with Crippen molar-refractivity contribution in [1.82, 2.24) is 14.5 Å². The molecule has 2 aromatic rings. The van der Waals surface area contributed by atoms with Crippen LogP contribution >= 0.6 is 22.6 Å². The molecule has 8 heteroatoms. The van der Waals surface area contributed by atoms with Gasteiger partial charge in [-0.3, -0.25) is 0 Å². The Kier molecular flexibility index (Phi) is 3.33. The molecule has 0 radical (unpaired) electrons. The number of aliphatic hydroxyl groups excluding tert-OH is 2. The van der Waals surface area contributed by atoms with Crippen molar-refractivity contribution in [3.05, 3.63) is 16.1 Å². The summed E-state index contributed by atoms with van der Waals surface area (Å²) in [5.74, 6) is 0.422. The van der Waals surface area contributed by atoms with Crippen LogP contribution in [0.1, 0.15) is 12.6 Å². The summed E-state index contributed by atoms with van der Waals surface area (Å²) in [5.41, 5.74) is 6.52. The Balaban J connectivity index is 2.05. The molecule has 1 fully saturated rings. The van der Waals surface area contributed by atoms with Gasteiger partial charge >= 0.3 is 0 Å². The zero-order chi connectivity index (χ0) is 13.6. The minimum Gasteiger partial charge on any atom is -0.394 e. The van der Waals surface area contributed by atoms with Crippen LogP contribution in [0.25, 0.3) is 11.0 Å². The van der Waals surface area contributed by atoms with Crippen LogP contribution in [0, 0.1) is 3.57 Å². The van der Waals surface area contributed by atoms with Crippen molar-refractivity contribution in [3.8, 4) is 0 Å². The topological polar surface area (TPSA) is 106 Å². The van der Waals surface area contributed by atoms with Crippen LogP contribution in [0.4, 0.5) is 5.82 Å². The highest BCUT2D eigenvalue weighted by Crippen LogP contribution is 2.34. The molecule has 0 spiro atoms. The fourth-order valence-corrected chi connectivity index (χ4v) is 3.15. The molecule has 1 aliphatic rings. The fourth-order valence-electron chi connectivity index (χ4n) is 2.33. The molecule has 4 N–H and O–H groups in total. The fraction of sp³-hybridized carbons (Fsp3) is 0.455. The Morgan fingerprint density at radius 2 is 2.32 bits per heavy atom. The lowest BCUT2D eigenvalue weighted by molar-refractivity contribution is -0.0430. The van der Waals surface area contributed by atoms with E-state index in [4.69, 9.17) is 15.6 Å². The highest BCUT2D eigenvalue weighted by atomic mass is 127. The van der Waals surface area contributed by atoms with Gasteiger partial charge in [-0.1, -0.05) is 0 Å². The number of aromatic nitrogens is 3. The van der Waals surface area contributed by atoms with Crippen molar-refractivity contribution in [3.63, 3.8) is 0 Å². The number of fused-ring (bicyclic) bond motifs is 1. The molecular formula is C11H13IN4O3. The average Bonchev–Trinajstić information content (AvgIpc) is 2.91. The second kappa shape index (κ2) is 4.85. The molecule has 2 aromatic heterocycles. The normalized spacial score (nSPS) is 27.2. The van der Waals surface area contributed by atoms with Gasteiger partial charge in [-0.25, -0.2) is 9.97 Å². The number of nitrogens with zero attached hydrogens (tertiary/aromatic N) is 3. The maximum absolute atomic E-state index is 9.80. The average molecular weight is 376 g/mol. The van der Waals surface area contributed by atoms with E-state index < -0.39 is 12.2 Å². The highest BCUT2D eigenvalue weighted by molar-refractivity contribution is 14.1. The second-order valence-electron chi connectivity index (χ2n) is 4.46. The van der Waals surface area contributed by atoms with E-state index in [1.807, 2.05) is 10.8 Å². The summed E-state index contributed by atoms with van der Waals surface area (Å²) in [6.45, 7) is -0.203. The predicted octanol–water partition coefficient (Wildman–Crippen LogP) is 0.259. The van der Waals surface area contributed by atoms with Gasteiger partial charge in [-0.15, -0.1) is 0 Å². The van der Waals surface area contributed by atoms with Crippen LogP contribution < -0.4 is 5.73 Å². The van der Waals surface area contributed by atoms with Crippen molar-refractivity contribution in [2.24, 2.45) is 0 Å². The number of ether oxygens (including phenoxy) is 1. The summed E-state index contributed by atoms with van der Waals surface area (Å²) in [7, 11) is 0. The third-order valence-corrected chi connectivity index (χ3v) is 4.10. The maximum atomic E-state index is 9.80. The zero-order valence-electron chi connectivity index (χ0n) is 9.90. The Hall–Kier alpha value is -0.970. The molecule has 102 valence electrons. The Morgan fingerprint density at radius 1 is 1.53 bits per heavy atom. The van der Waals surface area contributed by atoms with Crippen LogP contribution in [0.15, 0.2) is 12.5 Å². The van der Waals surface area contributed by atoms with Crippen molar-refractivity contribution in [1.29, 1.82) is 0 Å². The van der Waals surface area contributed by atoms with Crippen LogP contribution in [-0.2, 0) is 4.74 Å². The number of hydrogen-bond donors (Lipinski definition) is 3. The van der Waals surface area contributed by atoms with E-state index in [2.05, 4.69) is 32.6 Å². The third-order valence-electron chi connectivity index (χ3n) is 3.29. The molecule has 1 aliphatic heterocycles. The van der Waals surface area contributed by atoms with Crippen LogP contribution in [0.5, 0.6) is 0 Å². The van der Waals surface area contributed by atoms with E-state index in [0.29, 0.717) is 17.9 Å². The van der Waals surface area contributed by atoms with Crippen LogP contribution in [0.2, 0.25) is 0 Å². The number of nitrogens with two attached hydrogens (primary N) is 1. The standard InChI is InChI=1S/C11H13IN4O3/c12-5-2-16(8-1-6(18)7(3-17)19-8)11-9(5)10(13)14-4-15-11/h2,4,6-8,17-18H,1,3H2,(H2,13,14,15)/t6?,7?,8-/m1/s1. The number of rotatable bonds is 2. The Labute approximate surface area is 122 Å². The predicted molar refractivity (Wildman–Crippen MR) is 76.3 cm³/mol. The summed E-state index contributed by atoms with van der Waals surface area (Å²) in [6.07, 6.45) is 2.10. The molecule has 3 rings (SSSR count). The van der Waals surface area contributed by atoms with Crippen LogP contribution in [0.3, 0.4) is 0 Å². The first-order chi connectivity index (χ1) is 9.11. The van der Waals surface area contributed by atoms with Crippen molar-refractivity contribution in [2.75, 3.05) is 12.3 Å². The SMILES string of the molecule is Nc1ncnc2c1c(I)cn2[C@H]1CC(O)C(CO)O1. The van der Waals surface area contributed by atoms with Gasteiger partial charge in [-0.2, -0.15) is 0 Å². The molecule has 0 aromatic carbocycles. The molecule has 3 heterocycles. The molecule has 0 saturated carbocycles. The van der Waals surface area contributed by atoms with E-state index >= 15 is 0 Å².